The second-order valence-corrected chi connectivity index (χ2v) is 10.1. The van der Waals surface area contributed by atoms with Crippen LogP contribution in [0.5, 0.6) is 5.75 Å². The first kappa shape index (κ1) is 28.5. The minimum atomic E-state index is -0.819. The SMILES string of the molecule is CCc1c(C#N)c(S[C@@H](C(N)=O)c2ccc(OC)cc2)nc2c1c(C#N)cn2CC(=O)N(C)CCN(C)C. The number of hydrogen-bond acceptors (Lipinski definition) is 8. The number of nitrogens with two attached hydrogens (primary N) is 1. The van der Waals surface area contributed by atoms with Crippen molar-refractivity contribution in [2.24, 2.45) is 5.73 Å². The summed E-state index contributed by atoms with van der Waals surface area (Å²) >= 11 is 1.07. The molecule has 2 amide bonds. The van der Waals surface area contributed by atoms with Gasteiger partial charge in [-0.3, -0.25) is 9.59 Å². The largest absolute Gasteiger partial charge is 0.497 e. The summed E-state index contributed by atoms with van der Waals surface area (Å²) in [7, 11) is 7.15. The molecule has 0 bridgehead atoms. The smallest absolute Gasteiger partial charge is 0.242 e. The van der Waals surface area contributed by atoms with E-state index in [1.165, 1.54) is 0 Å². The zero-order valence-electron chi connectivity index (χ0n) is 22.2. The summed E-state index contributed by atoms with van der Waals surface area (Å²) in [4.78, 5) is 33.8. The minimum absolute atomic E-state index is 0.0218. The van der Waals surface area contributed by atoms with Crippen LogP contribution in [0.1, 0.15) is 34.4 Å². The van der Waals surface area contributed by atoms with Gasteiger partial charge in [0.25, 0.3) is 0 Å². The molecule has 0 unspecified atom stereocenters. The van der Waals surface area contributed by atoms with Crippen LogP contribution in [0.25, 0.3) is 11.0 Å². The van der Waals surface area contributed by atoms with Gasteiger partial charge in [-0.1, -0.05) is 30.8 Å². The highest BCUT2D eigenvalue weighted by molar-refractivity contribution is 8.00. The molecule has 0 aliphatic carbocycles. The molecule has 198 valence electrons. The molecular formula is C27H31N7O3S. The molecule has 3 aromatic rings. The number of hydrogen-bond donors (Lipinski definition) is 1. The van der Waals surface area contributed by atoms with Crippen molar-refractivity contribution in [1.29, 1.82) is 10.5 Å². The van der Waals surface area contributed by atoms with E-state index in [0.717, 1.165) is 11.8 Å². The highest BCUT2D eigenvalue weighted by Crippen LogP contribution is 2.40. The number of pyridine rings is 1. The van der Waals surface area contributed by atoms with E-state index in [1.807, 2.05) is 25.9 Å². The molecular weight excluding hydrogens is 502 g/mol. The zero-order valence-corrected chi connectivity index (χ0v) is 23.0. The quantitative estimate of drug-likeness (QED) is 0.371. The van der Waals surface area contributed by atoms with Crippen molar-refractivity contribution in [2.45, 2.75) is 30.2 Å². The Kier molecular flexibility index (Phi) is 9.35. The molecule has 10 nitrogen and oxygen atoms in total. The van der Waals surface area contributed by atoms with E-state index in [-0.39, 0.29) is 18.0 Å². The average molecular weight is 534 g/mol. The summed E-state index contributed by atoms with van der Waals surface area (Å²) in [6, 6.07) is 11.3. The Labute approximate surface area is 226 Å². The number of thioether (sulfide) groups is 1. The number of nitriles is 2. The molecule has 2 heterocycles. The van der Waals surface area contributed by atoms with Crippen LogP contribution in [-0.4, -0.2) is 72.5 Å². The summed E-state index contributed by atoms with van der Waals surface area (Å²) in [5, 5.41) is 20.0. The Hall–Kier alpha value is -4.06. The van der Waals surface area contributed by atoms with Crippen LogP contribution < -0.4 is 10.5 Å². The fourth-order valence-electron chi connectivity index (χ4n) is 4.05. The average Bonchev–Trinajstić information content (AvgIpc) is 3.25. The molecule has 1 aromatic carbocycles. The first-order valence-corrected chi connectivity index (χ1v) is 12.9. The van der Waals surface area contributed by atoms with Crippen LogP contribution in [0.3, 0.4) is 0 Å². The monoisotopic (exact) mass is 533 g/mol. The van der Waals surface area contributed by atoms with Gasteiger partial charge in [0.1, 0.15) is 40.4 Å². The van der Waals surface area contributed by atoms with Gasteiger partial charge in [-0.2, -0.15) is 10.5 Å². The lowest BCUT2D eigenvalue weighted by Gasteiger charge is -2.20. The number of fused-ring (bicyclic) bond motifs is 1. The third-order valence-corrected chi connectivity index (χ3v) is 7.44. The number of aryl methyl sites for hydroxylation is 1. The first-order valence-electron chi connectivity index (χ1n) is 12.0. The maximum Gasteiger partial charge on any atom is 0.242 e. The molecule has 0 saturated heterocycles. The first-order chi connectivity index (χ1) is 18.1. The van der Waals surface area contributed by atoms with Gasteiger partial charge in [0, 0.05) is 31.7 Å². The molecule has 38 heavy (non-hydrogen) atoms. The van der Waals surface area contributed by atoms with Crippen LogP contribution in [0, 0.1) is 22.7 Å². The molecule has 2 aromatic heterocycles. The van der Waals surface area contributed by atoms with Gasteiger partial charge in [0.15, 0.2) is 0 Å². The molecule has 0 fully saturated rings. The molecule has 0 aliphatic heterocycles. The van der Waals surface area contributed by atoms with Crippen molar-refractivity contribution < 1.29 is 14.3 Å². The van der Waals surface area contributed by atoms with E-state index in [1.54, 1.807) is 54.1 Å². The van der Waals surface area contributed by atoms with Crippen LogP contribution in [-0.2, 0) is 22.6 Å². The molecule has 11 heteroatoms. The van der Waals surface area contributed by atoms with Crippen molar-refractivity contribution in [3.63, 3.8) is 0 Å². The molecule has 0 saturated carbocycles. The lowest BCUT2D eigenvalue weighted by molar-refractivity contribution is -0.130. The summed E-state index contributed by atoms with van der Waals surface area (Å²) < 4.78 is 6.84. The molecule has 0 radical (unpaired) electrons. The van der Waals surface area contributed by atoms with Crippen LogP contribution in [0.4, 0.5) is 0 Å². The number of carbonyl (C=O) groups is 2. The summed E-state index contributed by atoms with van der Waals surface area (Å²) in [6.45, 7) is 3.12. The van der Waals surface area contributed by atoms with Crippen LogP contribution >= 0.6 is 11.8 Å². The number of primary amides is 1. The van der Waals surface area contributed by atoms with Crippen molar-refractivity contribution >= 4 is 34.6 Å². The van der Waals surface area contributed by atoms with Gasteiger partial charge < -0.3 is 24.8 Å². The van der Waals surface area contributed by atoms with E-state index in [0.29, 0.717) is 58.0 Å². The summed E-state index contributed by atoms with van der Waals surface area (Å²) in [5.41, 5.74) is 8.07. The van der Waals surface area contributed by atoms with E-state index >= 15 is 0 Å². The molecule has 0 aliphatic rings. The number of rotatable bonds is 11. The highest BCUT2D eigenvalue weighted by Gasteiger charge is 2.27. The lowest BCUT2D eigenvalue weighted by Crippen LogP contribution is -2.35. The van der Waals surface area contributed by atoms with Crippen molar-refractivity contribution in [3.8, 4) is 17.9 Å². The number of benzene rings is 1. The number of ether oxygens (including phenoxy) is 1. The minimum Gasteiger partial charge on any atom is -0.497 e. The number of amides is 2. The van der Waals surface area contributed by atoms with Gasteiger partial charge in [0.2, 0.25) is 11.8 Å². The van der Waals surface area contributed by atoms with E-state index in [4.69, 9.17) is 15.5 Å². The normalized spacial score (nSPS) is 11.7. The lowest BCUT2D eigenvalue weighted by atomic mass is 10.0. The second kappa shape index (κ2) is 12.5. The number of nitrogens with zero attached hydrogens (tertiary/aromatic N) is 6. The number of carbonyl (C=O) groups excluding carboxylic acids is 2. The van der Waals surface area contributed by atoms with Gasteiger partial charge in [-0.25, -0.2) is 4.98 Å². The maximum atomic E-state index is 13.0. The van der Waals surface area contributed by atoms with Crippen LogP contribution in [0.2, 0.25) is 0 Å². The molecule has 1 atom stereocenters. The Balaban J connectivity index is 2.11. The van der Waals surface area contributed by atoms with Gasteiger partial charge in [-0.05, 0) is 43.8 Å². The summed E-state index contributed by atoms with van der Waals surface area (Å²) in [5.74, 6) is -0.0933. The predicted molar refractivity (Wildman–Crippen MR) is 146 cm³/mol. The Morgan fingerprint density at radius 3 is 2.37 bits per heavy atom. The third-order valence-electron chi connectivity index (χ3n) is 6.18. The number of methoxy groups -OCH3 is 1. The van der Waals surface area contributed by atoms with Gasteiger partial charge >= 0.3 is 0 Å². The Morgan fingerprint density at radius 1 is 1.16 bits per heavy atom. The topological polar surface area (TPSA) is 141 Å². The second-order valence-electron chi connectivity index (χ2n) is 9.01. The van der Waals surface area contributed by atoms with Gasteiger partial charge in [-0.15, -0.1) is 0 Å². The maximum absolute atomic E-state index is 13.0. The standard InChI is InChI=1S/C27H31N7O3S/c1-6-20-21(14-29)27(38-24(25(30)36)17-7-9-19(37-5)10-8-17)31-26-23(20)18(13-28)15-34(26)16-22(35)33(4)12-11-32(2)3/h7-10,15,24H,6,11-12,16H2,1-5H3,(H2,30,36)/t24-/m1/s1. The number of aromatic nitrogens is 2. The van der Waals surface area contributed by atoms with E-state index in [9.17, 15) is 20.1 Å². The Morgan fingerprint density at radius 2 is 1.84 bits per heavy atom. The summed E-state index contributed by atoms with van der Waals surface area (Å²) in [6.07, 6.45) is 2.05. The van der Waals surface area contributed by atoms with Gasteiger partial charge in [0.05, 0.1) is 18.2 Å². The van der Waals surface area contributed by atoms with E-state index in [2.05, 4.69) is 12.1 Å². The molecule has 2 N–H and O–H groups in total. The van der Waals surface area contributed by atoms with Crippen LogP contribution in [0.15, 0.2) is 35.5 Å². The van der Waals surface area contributed by atoms with Crippen molar-refractivity contribution in [1.82, 2.24) is 19.4 Å². The third kappa shape index (κ3) is 6.08. The Bertz CT molecular complexity index is 1420. The molecule has 0 spiro atoms. The van der Waals surface area contributed by atoms with Crippen molar-refractivity contribution in [3.05, 3.63) is 52.7 Å². The molecule has 3 rings (SSSR count). The van der Waals surface area contributed by atoms with Crippen molar-refractivity contribution in [2.75, 3.05) is 41.3 Å². The number of likely N-dealkylation sites (N-methyl/N-ethyl adjacent to an activating group) is 2. The highest BCUT2D eigenvalue weighted by atomic mass is 32.2. The van der Waals surface area contributed by atoms with E-state index < -0.39 is 11.2 Å². The predicted octanol–water partition coefficient (Wildman–Crippen LogP) is 2.69. The zero-order chi connectivity index (χ0) is 28.0. The fourth-order valence-corrected chi connectivity index (χ4v) is 5.11. The fraction of sp³-hybridized carbons (Fsp3) is 0.370.